The highest BCUT2D eigenvalue weighted by molar-refractivity contribution is 6.25. The number of pyridine rings is 1. The molecular formula is C14H11ClF3N7O. The number of hydrogen-bond donors (Lipinski definition) is 2. The minimum absolute atomic E-state index is 0.0215. The average Bonchev–Trinajstić information content (AvgIpc) is 2.95. The SMILES string of the molecule is Cn1nc(NCl)c2ncnc(C(=O)NCc3ccnc(C(F)(F)F)c3)c21. The van der Waals surface area contributed by atoms with Crippen LogP contribution in [0.5, 0.6) is 0 Å². The summed E-state index contributed by atoms with van der Waals surface area (Å²) in [7, 11) is 1.58. The predicted molar refractivity (Wildman–Crippen MR) is 86.2 cm³/mol. The van der Waals surface area contributed by atoms with Crippen LogP contribution in [0.4, 0.5) is 19.0 Å². The van der Waals surface area contributed by atoms with Crippen LogP contribution in [0.1, 0.15) is 21.7 Å². The van der Waals surface area contributed by atoms with Gasteiger partial charge >= 0.3 is 6.18 Å². The largest absolute Gasteiger partial charge is 0.433 e. The normalized spacial score (nSPS) is 11.6. The lowest BCUT2D eigenvalue weighted by atomic mass is 10.2. The Bertz CT molecular complexity index is 973. The van der Waals surface area contributed by atoms with Gasteiger partial charge in [0.1, 0.15) is 23.1 Å². The summed E-state index contributed by atoms with van der Waals surface area (Å²) in [6, 6.07) is 2.25. The number of hydrogen-bond acceptors (Lipinski definition) is 6. The van der Waals surface area contributed by atoms with Crippen LogP contribution in [0, 0.1) is 0 Å². The van der Waals surface area contributed by atoms with Crippen molar-refractivity contribution < 1.29 is 18.0 Å². The Morgan fingerprint density at radius 1 is 1.31 bits per heavy atom. The van der Waals surface area contributed by atoms with E-state index >= 15 is 0 Å². The maximum atomic E-state index is 12.7. The maximum Gasteiger partial charge on any atom is 0.433 e. The highest BCUT2D eigenvalue weighted by atomic mass is 35.5. The maximum absolute atomic E-state index is 12.7. The van der Waals surface area contributed by atoms with Gasteiger partial charge in [0.15, 0.2) is 11.5 Å². The number of rotatable bonds is 4. The second-order valence-corrected chi connectivity index (χ2v) is 5.40. The van der Waals surface area contributed by atoms with E-state index in [0.29, 0.717) is 11.0 Å². The summed E-state index contributed by atoms with van der Waals surface area (Å²) in [4.78, 5) is 26.0. The van der Waals surface area contributed by atoms with E-state index in [1.54, 1.807) is 7.05 Å². The average molecular weight is 386 g/mol. The topological polar surface area (TPSA) is 97.6 Å². The molecule has 12 heteroatoms. The first-order valence-corrected chi connectivity index (χ1v) is 7.53. The predicted octanol–water partition coefficient (Wildman–Crippen LogP) is 2.27. The van der Waals surface area contributed by atoms with Crippen LogP contribution in [0.3, 0.4) is 0 Å². The number of anilines is 1. The smallest absolute Gasteiger partial charge is 0.347 e. The van der Waals surface area contributed by atoms with E-state index in [1.807, 2.05) is 0 Å². The molecule has 3 rings (SSSR count). The quantitative estimate of drug-likeness (QED) is 0.669. The number of carbonyl (C=O) groups is 1. The van der Waals surface area contributed by atoms with Crippen molar-refractivity contribution in [3.63, 3.8) is 0 Å². The first kappa shape index (κ1) is 17.9. The molecule has 3 heterocycles. The molecule has 0 atom stereocenters. The second-order valence-electron chi connectivity index (χ2n) is 5.22. The first-order chi connectivity index (χ1) is 12.3. The van der Waals surface area contributed by atoms with E-state index in [4.69, 9.17) is 11.8 Å². The Kier molecular flexibility index (Phi) is 4.64. The zero-order valence-corrected chi connectivity index (χ0v) is 13.9. The zero-order chi connectivity index (χ0) is 18.9. The Morgan fingerprint density at radius 3 is 2.77 bits per heavy atom. The third-order valence-corrected chi connectivity index (χ3v) is 3.67. The number of alkyl halides is 3. The molecule has 0 aliphatic heterocycles. The molecule has 8 nitrogen and oxygen atoms in total. The van der Waals surface area contributed by atoms with Crippen LogP contribution in [0.2, 0.25) is 0 Å². The Morgan fingerprint density at radius 2 is 2.08 bits per heavy atom. The Labute approximate surface area is 149 Å². The zero-order valence-electron chi connectivity index (χ0n) is 13.2. The summed E-state index contributed by atoms with van der Waals surface area (Å²) in [5.74, 6) is -0.337. The molecule has 0 aliphatic carbocycles. The van der Waals surface area contributed by atoms with Crippen LogP contribution in [-0.4, -0.2) is 30.6 Å². The lowest BCUT2D eigenvalue weighted by molar-refractivity contribution is -0.141. The third-order valence-electron chi connectivity index (χ3n) is 3.49. The molecule has 2 N–H and O–H groups in total. The Hall–Kier alpha value is -2.95. The van der Waals surface area contributed by atoms with Crippen molar-refractivity contribution in [2.24, 2.45) is 7.05 Å². The van der Waals surface area contributed by atoms with E-state index in [0.717, 1.165) is 12.3 Å². The van der Waals surface area contributed by atoms with E-state index in [-0.39, 0.29) is 23.6 Å². The second kappa shape index (κ2) is 6.75. The molecule has 0 fully saturated rings. The van der Waals surface area contributed by atoms with Gasteiger partial charge in [-0.25, -0.2) is 9.97 Å². The van der Waals surface area contributed by atoms with E-state index in [2.05, 4.69) is 30.2 Å². The van der Waals surface area contributed by atoms with Crippen LogP contribution in [0.15, 0.2) is 24.7 Å². The van der Waals surface area contributed by atoms with Gasteiger partial charge in [-0.1, -0.05) is 0 Å². The van der Waals surface area contributed by atoms with Gasteiger partial charge in [-0.3, -0.25) is 19.3 Å². The van der Waals surface area contributed by atoms with Crippen molar-refractivity contribution in [1.82, 2.24) is 30.0 Å². The molecule has 0 unspecified atom stereocenters. The van der Waals surface area contributed by atoms with Crippen LogP contribution >= 0.6 is 11.8 Å². The fourth-order valence-electron chi connectivity index (χ4n) is 2.34. The molecule has 0 saturated carbocycles. The molecule has 0 aromatic carbocycles. The van der Waals surface area contributed by atoms with Crippen LogP contribution in [-0.2, 0) is 19.8 Å². The molecule has 0 bridgehead atoms. The fraction of sp³-hybridized carbons (Fsp3) is 0.214. The summed E-state index contributed by atoms with van der Waals surface area (Å²) in [6.45, 7) is -0.131. The molecule has 136 valence electrons. The first-order valence-electron chi connectivity index (χ1n) is 7.16. The molecule has 0 saturated heterocycles. The van der Waals surface area contributed by atoms with Gasteiger partial charge in [-0.15, -0.1) is 0 Å². The summed E-state index contributed by atoms with van der Waals surface area (Å²) in [5, 5.41) is 6.59. The number of fused-ring (bicyclic) bond motifs is 1. The van der Waals surface area contributed by atoms with Crippen molar-refractivity contribution in [3.8, 4) is 0 Å². The lowest BCUT2D eigenvalue weighted by Gasteiger charge is -2.09. The molecule has 1 amide bonds. The molecule has 3 aromatic heterocycles. The molecule has 0 aliphatic rings. The number of halogens is 4. The minimum Gasteiger partial charge on any atom is -0.347 e. The summed E-state index contributed by atoms with van der Waals surface area (Å²) in [6.07, 6.45) is -2.35. The van der Waals surface area contributed by atoms with Crippen molar-refractivity contribution >= 4 is 34.5 Å². The van der Waals surface area contributed by atoms with Crippen LogP contribution in [0.25, 0.3) is 11.0 Å². The summed E-state index contributed by atoms with van der Waals surface area (Å²) >= 11 is 5.56. The number of carbonyl (C=O) groups excluding carboxylic acids is 1. The van der Waals surface area contributed by atoms with Gasteiger partial charge in [-0.2, -0.15) is 18.3 Å². The van der Waals surface area contributed by atoms with E-state index < -0.39 is 17.8 Å². The number of nitrogens with one attached hydrogen (secondary N) is 2. The minimum atomic E-state index is -4.56. The number of aryl methyl sites for hydroxylation is 1. The Balaban J connectivity index is 1.84. The lowest BCUT2D eigenvalue weighted by Crippen LogP contribution is -2.25. The highest BCUT2D eigenvalue weighted by Gasteiger charge is 2.32. The standard InChI is InChI=1S/C14H11ClF3N7O/c1-25-11-9(12(23-15)24-25)21-6-22-10(11)13(26)20-5-7-2-3-19-8(4-7)14(16,17)18/h2-4,6H,5H2,1H3,(H,20,26)(H,23,24). The number of aromatic nitrogens is 5. The van der Waals surface area contributed by atoms with Gasteiger partial charge in [0.05, 0.1) is 0 Å². The monoisotopic (exact) mass is 385 g/mol. The van der Waals surface area contributed by atoms with Crippen molar-refractivity contribution in [1.29, 1.82) is 0 Å². The van der Waals surface area contributed by atoms with E-state index in [9.17, 15) is 18.0 Å². The van der Waals surface area contributed by atoms with Gasteiger partial charge in [0.25, 0.3) is 5.91 Å². The van der Waals surface area contributed by atoms with Crippen molar-refractivity contribution in [2.45, 2.75) is 12.7 Å². The fourth-order valence-corrected chi connectivity index (χ4v) is 2.47. The third kappa shape index (κ3) is 3.38. The summed E-state index contributed by atoms with van der Waals surface area (Å²) in [5.41, 5.74) is -0.0877. The molecular weight excluding hydrogens is 375 g/mol. The molecule has 0 radical (unpaired) electrons. The van der Waals surface area contributed by atoms with Gasteiger partial charge in [-0.05, 0) is 17.7 Å². The van der Waals surface area contributed by atoms with E-state index in [1.165, 1.54) is 17.1 Å². The summed E-state index contributed by atoms with van der Waals surface area (Å²) < 4.78 is 39.5. The highest BCUT2D eigenvalue weighted by Crippen LogP contribution is 2.27. The number of nitrogens with zero attached hydrogens (tertiary/aromatic N) is 5. The van der Waals surface area contributed by atoms with Crippen molar-refractivity contribution in [2.75, 3.05) is 4.84 Å². The molecule has 0 spiro atoms. The molecule has 26 heavy (non-hydrogen) atoms. The number of amides is 1. The molecule has 3 aromatic rings. The van der Waals surface area contributed by atoms with Gasteiger partial charge < -0.3 is 5.32 Å². The van der Waals surface area contributed by atoms with Crippen LogP contribution < -0.4 is 10.2 Å². The van der Waals surface area contributed by atoms with Gasteiger partial charge in [0, 0.05) is 31.6 Å². The van der Waals surface area contributed by atoms with Crippen molar-refractivity contribution in [3.05, 3.63) is 41.6 Å². The van der Waals surface area contributed by atoms with Gasteiger partial charge in [0.2, 0.25) is 0 Å².